The van der Waals surface area contributed by atoms with E-state index in [2.05, 4.69) is 5.32 Å². The molecule has 0 radical (unpaired) electrons. The molecular formula is C15H25NO3S. The second kappa shape index (κ2) is 6.76. The lowest BCUT2D eigenvalue weighted by molar-refractivity contribution is 0.266. The van der Waals surface area contributed by atoms with Crippen LogP contribution in [0.4, 0.5) is 0 Å². The molecule has 1 aliphatic rings. The zero-order chi connectivity index (χ0) is 14.6. The monoisotopic (exact) mass is 299 g/mol. The van der Waals surface area contributed by atoms with Crippen LogP contribution in [0.1, 0.15) is 37.9 Å². The van der Waals surface area contributed by atoms with Crippen molar-refractivity contribution in [2.24, 2.45) is 5.92 Å². The van der Waals surface area contributed by atoms with E-state index in [4.69, 9.17) is 4.42 Å². The Balaban J connectivity index is 1.93. The van der Waals surface area contributed by atoms with Crippen molar-refractivity contribution in [3.63, 3.8) is 0 Å². The van der Waals surface area contributed by atoms with Gasteiger partial charge in [-0.1, -0.05) is 6.42 Å². The average Bonchev–Trinajstić information content (AvgIpc) is 2.92. The highest BCUT2D eigenvalue weighted by Crippen LogP contribution is 2.32. The van der Waals surface area contributed by atoms with Crippen molar-refractivity contribution in [1.82, 2.24) is 5.32 Å². The van der Waals surface area contributed by atoms with Crippen LogP contribution in [0, 0.1) is 5.92 Å². The molecule has 0 amide bonds. The summed E-state index contributed by atoms with van der Waals surface area (Å²) in [5.41, 5.74) is 0. The van der Waals surface area contributed by atoms with Crippen LogP contribution in [0.3, 0.4) is 0 Å². The van der Waals surface area contributed by atoms with Crippen molar-refractivity contribution in [3.8, 4) is 0 Å². The zero-order valence-corrected chi connectivity index (χ0v) is 13.2. The minimum Gasteiger partial charge on any atom is -0.469 e. The molecule has 20 heavy (non-hydrogen) atoms. The van der Waals surface area contributed by atoms with Crippen LogP contribution in [0.5, 0.6) is 0 Å². The molecule has 3 unspecified atom stereocenters. The number of nitrogens with one attached hydrogen (secondary N) is 1. The Bertz CT molecular complexity index is 495. The second-order valence-electron chi connectivity index (χ2n) is 5.89. The maximum atomic E-state index is 11.8. The normalized spacial score (nSPS) is 25.5. The molecular weight excluding hydrogens is 274 g/mol. The Labute approximate surface area is 121 Å². The summed E-state index contributed by atoms with van der Waals surface area (Å²) in [4.78, 5) is 0. The summed E-state index contributed by atoms with van der Waals surface area (Å²) in [6.45, 7) is 0. The van der Waals surface area contributed by atoms with Gasteiger partial charge in [-0.15, -0.1) is 0 Å². The molecule has 1 aromatic rings. The summed E-state index contributed by atoms with van der Waals surface area (Å²) in [6.07, 6.45) is 8.72. The van der Waals surface area contributed by atoms with Gasteiger partial charge in [0.1, 0.15) is 15.6 Å². The predicted molar refractivity (Wildman–Crippen MR) is 80.5 cm³/mol. The summed E-state index contributed by atoms with van der Waals surface area (Å²) < 4.78 is 28.9. The van der Waals surface area contributed by atoms with E-state index in [9.17, 15) is 8.42 Å². The third kappa shape index (κ3) is 4.09. The van der Waals surface area contributed by atoms with Crippen molar-refractivity contribution < 1.29 is 12.8 Å². The van der Waals surface area contributed by atoms with Gasteiger partial charge in [-0.05, 0) is 50.8 Å². The van der Waals surface area contributed by atoms with Gasteiger partial charge in [-0.2, -0.15) is 0 Å². The Morgan fingerprint density at radius 2 is 2.25 bits per heavy atom. The highest BCUT2D eigenvalue weighted by Gasteiger charge is 2.32. The van der Waals surface area contributed by atoms with Crippen molar-refractivity contribution >= 4 is 9.84 Å². The number of sulfone groups is 1. The molecule has 1 aromatic heterocycles. The van der Waals surface area contributed by atoms with Gasteiger partial charge in [0.2, 0.25) is 0 Å². The van der Waals surface area contributed by atoms with Gasteiger partial charge < -0.3 is 9.73 Å². The van der Waals surface area contributed by atoms with E-state index in [1.807, 2.05) is 19.2 Å². The average molecular weight is 299 g/mol. The van der Waals surface area contributed by atoms with Crippen LogP contribution < -0.4 is 5.32 Å². The number of rotatable bonds is 6. The molecule has 2 rings (SSSR count). The van der Waals surface area contributed by atoms with Crippen molar-refractivity contribution in [1.29, 1.82) is 0 Å². The van der Waals surface area contributed by atoms with E-state index in [0.717, 1.165) is 44.3 Å². The Hall–Kier alpha value is -0.810. The SMILES string of the molecule is CNC(CCc1ccco1)C1CCCC(S(C)(=O)=O)C1. The fourth-order valence-corrected chi connectivity index (χ4v) is 4.50. The van der Waals surface area contributed by atoms with Crippen LogP contribution in [-0.2, 0) is 16.3 Å². The van der Waals surface area contributed by atoms with Gasteiger partial charge in [0, 0.05) is 18.7 Å². The van der Waals surface area contributed by atoms with Crippen molar-refractivity contribution in [2.75, 3.05) is 13.3 Å². The first-order valence-corrected chi connectivity index (χ1v) is 9.34. The number of furan rings is 1. The number of hydrogen-bond acceptors (Lipinski definition) is 4. The van der Waals surface area contributed by atoms with Crippen LogP contribution in [0.15, 0.2) is 22.8 Å². The smallest absolute Gasteiger partial charge is 0.150 e. The molecule has 1 saturated carbocycles. The van der Waals surface area contributed by atoms with Gasteiger partial charge in [0.05, 0.1) is 11.5 Å². The zero-order valence-electron chi connectivity index (χ0n) is 12.3. The first kappa shape index (κ1) is 15.6. The van der Waals surface area contributed by atoms with Crippen molar-refractivity contribution in [3.05, 3.63) is 24.2 Å². The van der Waals surface area contributed by atoms with E-state index in [0.29, 0.717) is 12.0 Å². The molecule has 0 spiro atoms. The van der Waals surface area contributed by atoms with E-state index >= 15 is 0 Å². The topological polar surface area (TPSA) is 59.3 Å². The molecule has 1 heterocycles. The van der Waals surface area contributed by atoms with Crippen molar-refractivity contribution in [2.45, 2.75) is 49.8 Å². The summed E-state index contributed by atoms with van der Waals surface area (Å²) in [7, 11) is -0.936. The molecule has 0 saturated heterocycles. The predicted octanol–water partition coefficient (Wildman–Crippen LogP) is 2.40. The van der Waals surface area contributed by atoms with E-state index in [1.165, 1.54) is 6.26 Å². The lowest BCUT2D eigenvalue weighted by atomic mass is 9.82. The van der Waals surface area contributed by atoms with Gasteiger partial charge in [-0.3, -0.25) is 0 Å². The minimum atomic E-state index is -2.90. The molecule has 5 heteroatoms. The molecule has 1 fully saturated rings. The highest BCUT2D eigenvalue weighted by atomic mass is 32.2. The Morgan fingerprint density at radius 1 is 1.45 bits per heavy atom. The summed E-state index contributed by atoms with van der Waals surface area (Å²) in [6, 6.07) is 4.27. The first-order chi connectivity index (χ1) is 9.50. The van der Waals surface area contributed by atoms with E-state index < -0.39 is 9.84 Å². The largest absolute Gasteiger partial charge is 0.469 e. The van der Waals surface area contributed by atoms with Gasteiger partial charge >= 0.3 is 0 Å². The first-order valence-electron chi connectivity index (χ1n) is 7.39. The quantitative estimate of drug-likeness (QED) is 0.876. The molecule has 0 aliphatic heterocycles. The molecule has 1 N–H and O–H groups in total. The third-order valence-electron chi connectivity index (χ3n) is 4.49. The fraction of sp³-hybridized carbons (Fsp3) is 0.733. The van der Waals surface area contributed by atoms with Crippen LogP contribution in [-0.4, -0.2) is 33.0 Å². The lowest BCUT2D eigenvalue weighted by Crippen LogP contribution is -2.39. The van der Waals surface area contributed by atoms with Gasteiger partial charge in [0.15, 0.2) is 0 Å². The second-order valence-corrected chi connectivity index (χ2v) is 8.22. The van der Waals surface area contributed by atoms with Crippen LogP contribution in [0.2, 0.25) is 0 Å². The minimum absolute atomic E-state index is 0.152. The Kier molecular flexibility index (Phi) is 5.27. The maximum Gasteiger partial charge on any atom is 0.150 e. The highest BCUT2D eigenvalue weighted by molar-refractivity contribution is 7.91. The van der Waals surface area contributed by atoms with E-state index in [-0.39, 0.29) is 5.25 Å². The summed E-state index contributed by atoms with van der Waals surface area (Å²) in [5.74, 6) is 1.45. The van der Waals surface area contributed by atoms with Gasteiger partial charge in [0.25, 0.3) is 0 Å². The number of aryl methyl sites for hydroxylation is 1. The van der Waals surface area contributed by atoms with E-state index in [1.54, 1.807) is 6.26 Å². The van der Waals surface area contributed by atoms with Gasteiger partial charge in [-0.25, -0.2) is 8.42 Å². The maximum absolute atomic E-state index is 11.8. The third-order valence-corrected chi connectivity index (χ3v) is 6.13. The summed E-state index contributed by atoms with van der Waals surface area (Å²) in [5, 5.41) is 3.22. The Morgan fingerprint density at radius 3 is 2.85 bits per heavy atom. The van der Waals surface area contributed by atoms with Crippen LogP contribution >= 0.6 is 0 Å². The number of hydrogen-bond donors (Lipinski definition) is 1. The fourth-order valence-electron chi connectivity index (χ4n) is 3.30. The lowest BCUT2D eigenvalue weighted by Gasteiger charge is -2.33. The molecule has 1 aliphatic carbocycles. The van der Waals surface area contributed by atoms with Crippen LogP contribution in [0.25, 0.3) is 0 Å². The molecule has 3 atom stereocenters. The molecule has 0 bridgehead atoms. The molecule has 4 nitrogen and oxygen atoms in total. The standard InChI is InChI=1S/C15H25NO3S/c1-16-15(9-8-13-6-4-10-19-13)12-5-3-7-14(11-12)20(2,17)18/h4,6,10,12,14-16H,3,5,7-9,11H2,1-2H3. The summed E-state index contributed by atoms with van der Waals surface area (Å²) >= 11 is 0. The molecule has 0 aromatic carbocycles. The molecule has 114 valence electrons.